The maximum absolute atomic E-state index is 12.7. The molecule has 164 valence electrons. The molecule has 3 amide bonds. The Kier molecular flexibility index (Phi) is 6.72. The zero-order valence-electron chi connectivity index (χ0n) is 18.0. The maximum atomic E-state index is 12.7. The molecule has 2 heterocycles. The average molecular weight is 424 g/mol. The second-order valence-corrected chi connectivity index (χ2v) is 8.18. The van der Waals surface area contributed by atoms with Gasteiger partial charge in [-0.05, 0) is 31.2 Å². The number of hydrogen-bond donors (Lipinski definition) is 2. The van der Waals surface area contributed by atoms with Crippen molar-refractivity contribution >= 4 is 17.6 Å². The molecule has 2 N–H and O–H groups in total. The van der Waals surface area contributed by atoms with Gasteiger partial charge in [-0.1, -0.05) is 30.3 Å². The highest BCUT2D eigenvalue weighted by Crippen LogP contribution is 2.24. The third kappa shape index (κ3) is 5.35. The van der Waals surface area contributed by atoms with Crippen molar-refractivity contribution in [3.8, 4) is 5.75 Å². The molecule has 2 aliphatic rings. The summed E-state index contributed by atoms with van der Waals surface area (Å²) < 4.78 is 5.46. The van der Waals surface area contributed by atoms with Gasteiger partial charge >= 0.3 is 6.03 Å². The van der Waals surface area contributed by atoms with Crippen molar-refractivity contribution in [2.45, 2.75) is 25.9 Å². The Labute approximate surface area is 183 Å². The quantitative estimate of drug-likeness (QED) is 0.736. The summed E-state index contributed by atoms with van der Waals surface area (Å²) in [6, 6.07) is 17.8. The topological polar surface area (TPSA) is 66.3 Å². The first-order valence-corrected chi connectivity index (χ1v) is 11.1. The van der Waals surface area contributed by atoms with E-state index in [2.05, 4.69) is 29.6 Å². The van der Waals surface area contributed by atoms with Crippen LogP contribution in [0.25, 0.3) is 0 Å². The number of ether oxygens (including phenoxy) is 1. The number of hydrogen-bond acceptors (Lipinski definition) is 3. The summed E-state index contributed by atoms with van der Waals surface area (Å²) in [5, 5.41) is 3.07. The minimum atomic E-state index is -0.165. The van der Waals surface area contributed by atoms with Crippen molar-refractivity contribution in [2.24, 2.45) is 0 Å². The highest BCUT2D eigenvalue weighted by molar-refractivity contribution is 5.96. The van der Waals surface area contributed by atoms with E-state index in [0.29, 0.717) is 19.6 Å². The monoisotopic (exact) mass is 423 g/mol. The largest absolute Gasteiger partial charge is 0.494 e. The van der Waals surface area contributed by atoms with Crippen LogP contribution in [0, 0.1) is 0 Å². The summed E-state index contributed by atoms with van der Waals surface area (Å²) in [4.78, 5) is 30.3. The molecule has 0 radical (unpaired) electrons. The number of piperazine rings is 1. The predicted molar refractivity (Wildman–Crippen MR) is 119 cm³/mol. The lowest BCUT2D eigenvalue weighted by atomic mass is 10.2. The van der Waals surface area contributed by atoms with Crippen molar-refractivity contribution in [1.29, 1.82) is 0 Å². The fraction of sp³-hybridized carbons (Fsp3) is 0.417. The second-order valence-electron chi connectivity index (χ2n) is 8.18. The number of nitrogens with zero attached hydrogens (tertiary/aromatic N) is 2. The Morgan fingerprint density at radius 2 is 1.81 bits per heavy atom. The van der Waals surface area contributed by atoms with Crippen LogP contribution in [-0.2, 0) is 11.3 Å². The van der Waals surface area contributed by atoms with Gasteiger partial charge in [-0.15, -0.1) is 0 Å². The van der Waals surface area contributed by atoms with E-state index < -0.39 is 0 Å². The van der Waals surface area contributed by atoms with Crippen molar-refractivity contribution in [3.63, 3.8) is 0 Å². The minimum absolute atomic E-state index is 0.0339. The van der Waals surface area contributed by atoms with Gasteiger partial charge in [0.05, 0.1) is 38.8 Å². The number of benzene rings is 2. The number of quaternary nitrogens is 1. The average Bonchev–Trinajstić information content (AvgIpc) is 3.15. The first kappa shape index (κ1) is 21.2. The van der Waals surface area contributed by atoms with Gasteiger partial charge in [-0.3, -0.25) is 4.79 Å². The Morgan fingerprint density at radius 1 is 1.10 bits per heavy atom. The van der Waals surface area contributed by atoms with Crippen molar-refractivity contribution in [2.75, 3.05) is 44.2 Å². The molecule has 2 aromatic rings. The van der Waals surface area contributed by atoms with Crippen molar-refractivity contribution in [3.05, 3.63) is 60.2 Å². The molecule has 0 saturated carbocycles. The van der Waals surface area contributed by atoms with Crippen LogP contribution in [-0.4, -0.2) is 62.2 Å². The van der Waals surface area contributed by atoms with Crippen LogP contribution < -0.4 is 19.9 Å². The van der Waals surface area contributed by atoms with E-state index in [1.165, 1.54) is 10.5 Å². The summed E-state index contributed by atoms with van der Waals surface area (Å²) in [7, 11) is 0. The van der Waals surface area contributed by atoms with E-state index in [9.17, 15) is 9.59 Å². The Morgan fingerprint density at radius 3 is 2.48 bits per heavy atom. The lowest BCUT2D eigenvalue weighted by Gasteiger charge is -2.33. The molecule has 0 unspecified atom stereocenters. The van der Waals surface area contributed by atoms with Gasteiger partial charge in [0.1, 0.15) is 12.3 Å². The molecule has 2 fully saturated rings. The summed E-state index contributed by atoms with van der Waals surface area (Å²) in [6.45, 7) is 7.37. The van der Waals surface area contributed by atoms with E-state index in [0.717, 1.165) is 44.2 Å². The normalized spacial score (nSPS) is 19.5. The number of nitrogens with one attached hydrogen (secondary N) is 2. The van der Waals surface area contributed by atoms with E-state index in [4.69, 9.17) is 4.74 Å². The molecule has 4 rings (SSSR count). The van der Waals surface area contributed by atoms with E-state index in [-0.39, 0.29) is 18.0 Å². The van der Waals surface area contributed by atoms with Gasteiger partial charge in [0, 0.05) is 24.2 Å². The first-order valence-electron chi connectivity index (χ1n) is 11.1. The molecule has 2 aliphatic heterocycles. The molecule has 7 nitrogen and oxygen atoms in total. The van der Waals surface area contributed by atoms with Gasteiger partial charge in [0.25, 0.3) is 0 Å². The van der Waals surface area contributed by atoms with Gasteiger partial charge in [-0.25, -0.2) is 4.79 Å². The van der Waals surface area contributed by atoms with Crippen LogP contribution in [0.5, 0.6) is 5.75 Å². The van der Waals surface area contributed by atoms with Gasteiger partial charge < -0.3 is 24.8 Å². The number of urea groups is 1. The summed E-state index contributed by atoms with van der Waals surface area (Å²) >= 11 is 0. The third-order valence-corrected chi connectivity index (χ3v) is 5.97. The SMILES string of the molecule is CCOc1ccc(N2C[C@@H](NC(=O)N3CC[NH+](Cc4ccccc4)CC3)CC2=O)cc1. The Bertz CT molecular complexity index is 879. The van der Waals surface area contributed by atoms with E-state index >= 15 is 0 Å². The fourth-order valence-corrected chi connectivity index (χ4v) is 4.30. The molecule has 31 heavy (non-hydrogen) atoms. The molecule has 2 aromatic carbocycles. The van der Waals surface area contributed by atoms with Crippen molar-refractivity contribution < 1.29 is 19.2 Å². The maximum Gasteiger partial charge on any atom is 0.318 e. The Balaban J connectivity index is 1.25. The van der Waals surface area contributed by atoms with Gasteiger partial charge in [0.2, 0.25) is 5.91 Å². The van der Waals surface area contributed by atoms with Crippen LogP contribution in [0.1, 0.15) is 18.9 Å². The van der Waals surface area contributed by atoms with Crippen LogP contribution in [0.2, 0.25) is 0 Å². The van der Waals surface area contributed by atoms with Crippen LogP contribution in [0.3, 0.4) is 0 Å². The number of amides is 3. The molecule has 2 saturated heterocycles. The number of carbonyl (C=O) groups excluding carboxylic acids is 2. The Hall–Kier alpha value is -3.06. The fourth-order valence-electron chi connectivity index (χ4n) is 4.30. The van der Waals surface area contributed by atoms with Crippen molar-refractivity contribution in [1.82, 2.24) is 10.2 Å². The molecular weight excluding hydrogens is 392 g/mol. The zero-order chi connectivity index (χ0) is 21.6. The highest BCUT2D eigenvalue weighted by atomic mass is 16.5. The summed E-state index contributed by atoms with van der Waals surface area (Å²) in [5.74, 6) is 0.822. The number of carbonyl (C=O) groups is 2. The first-order chi connectivity index (χ1) is 15.1. The van der Waals surface area contributed by atoms with Crippen LogP contribution >= 0.6 is 0 Å². The second kappa shape index (κ2) is 9.83. The molecule has 0 aromatic heterocycles. The lowest BCUT2D eigenvalue weighted by molar-refractivity contribution is -0.917. The predicted octanol–water partition coefficient (Wildman–Crippen LogP) is 1.30. The minimum Gasteiger partial charge on any atom is -0.494 e. The van der Waals surface area contributed by atoms with Crippen LogP contribution in [0.4, 0.5) is 10.5 Å². The molecular formula is C24H31N4O3+. The van der Waals surface area contributed by atoms with Gasteiger partial charge in [-0.2, -0.15) is 0 Å². The van der Waals surface area contributed by atoms with E-state index in [1.54, 1.807) is 4.90 Å². The van der Waals surface area contributed by atoms with Gasteiger partial charge in [0.15, 0.2) is 0 Å². The molecule has 1 atom stereocenters. The highest BCUT2D eigenvalue weighted by Gasteiger charge is 2.33. The third-order valence-electron chi connectivity index (χ3n) is 5.97. The summed E-state index contributed by atoms with van der Waals surface area (Å²) in [5.41, 5.74) is 2.16. The number of rotatable bonds is 6. The summed E-state index contributed by atoms with van der Waals surface area (Å²) in [6.07, 6.45) is 0.332. The smallest absolute Gasteiger partial charge is 0.318 e. The molecule has 7 heteroatoms. The molecule has 0 aliphatic carbocycles. The molecule has 0 spiro atoms. The van der Waals surface area contributed by atoms with E-state index in [1.807, 2.05) is 42.2 Å². The molecule has 0 bridgehead atoms. The lowest BCUT2D eigenvalue weighted by Crippen LogP contribution is -3.13. The van der Waals surface area contributed by atoms with Crippen LogP contribution in [0.15, 0.2) is 54.6 Å². The standard InChI is InChI=1S/C24H30N4O3/c1-2-31-22-10-8-21(9-11-22)28-18-20(16-23(28)29)25-24(30)27-14-12-26(13-15-27)17-19-6-4-3-5-7-19/h3-11,20H,2,12-18H2,1H3,(H,25,30)/p+1/t20-/m0/s1. The number of anilines is 1. The zero-order valence-corrected chi connectivity index (χ0v) is 18.0.